The monoisotopic (exact) mass is 494 g/mol. The summed E-state index contributed by atoms with van der Waals surface area (Å²) in [6.07, 6.45) is 0. The van der Waals surface area contributed by atoms with E-state index in [4.69, 9.17) is 4.55 Å². The molecule has 12 heteroatoms. The van der Waals surface area contributed by atoms with E-state index in [0.717, 1.165) is 12.1 Å². The van der Waals surface area contributed by atoms with Crippen LogP contribution in [0.25, 0.3) is 0 Å². The lowest BCUT2D eigenvalue weighted by molar-refractivity contribution is 0.0711. The highest BCUT2D eigenvalue weighted by molar-refractivity contribution is 14.1. The Labute approximate surface area is 150 Å². The molecular formula is C13H4F5IO5S. The Bertz CT molecular complexity index is 964. The summed E-state index contributed by atoms with van der Waals surface area (Å²) in [4.78, 5) is 9.50. The number of rotatable bonds is 3. The van der Waals surface area contributed by atoms with Gasteiger partial charge in [-0.2, -0.15) is 17.2 Å². The lowest BCUT2D eigenvalue weighted by Gasteiger charge is -2.11. The molecule has 0 amide bonds. The Morgan fingerprint density at radius 1 is 1.00 bits per heavy atom. The van der Waals surface area contributed by atoms with Crippen LogP contribution < -0.4 is 4.74 Å². The van der Waals surface area contributed by atoms with Crippen LogP contribution >= 0.6 is 22.6 Å². The number of carbonyl (C=O) groups excluding carboxylic acids is 1. The molecule has 2 aromatic carbocycles. The Morgan fingerprint density at radius 2 is 1.52 bits per heavy atom. The number of hydrogen-bond donors (Lipinski definition) is 1. The molecule has 0 fully saturated rings. The zero-order valence-corrected chi connectivity index (χ0v) is 14.5. The van der Waals surface area contributed by atoms with Crippen LogP contribution in [-0.4, -0.2) is 18.9 Å². The highest BCUT2D eigenvalue weighted by atomic mass is 127. The second-order valence-electron chi connectivity index (χ2n) is 4.40. The van der Waals surface area contributed by atoms with Crippen molar-refractivity contribution < 1.29 is 44.5 Å². The van der Waals surface area contributed by atoms with E-state index in [9.17, 15) is 35.2 Å². The second kappa shape index (κ2) is 6.84. The van der Waals surface area contributed by atoms with Crippen LogP contribution in [0.1, 0.15) is 10.4 Å². The molecule has 0 atom stereocenters. The predicted molar refractivity (Wildman–Crippen MR) is 80.2 cm³/mol. The largest absolute Gasteiger partial charge is 0.416 e. The summed E-state index contributed by atoms with van der Waals surface area (Å²) in [5, 5.41) is 0. The fourth-order valence-corrected chi connectivity index (χ4v) is 2.83. The third-order valence-corrected chi connectivity index (χ3v) is 4.33. The van der Waals surface area contributed by atoms with E-state index in [1.54, 1.807) is 22.6 Å². The molecular weight excluding hydrogens is 490 g/mol. The second-order valence-corrected chi connectivity index (χ2v) is 7.01. The molecule has 0 radical (unpaired) electrons. The van der Waals surface area contributed by atoms with Gasteiger partial charge in [0.2, 0.25) is 17.4 Å². The van der Waals surface area contributed by atoms with Crippen molar-refractivity contribution in [3.05, 3.63) is 56.4 Å². The summed E-state index contributed by atoms with van der Waals surface area (Å²) in [5.41, 5.74) is -0.787. The van der Waals surface area contributed by atoms with E-state index >= 15 is 0 Å². The average molecular weight is 494 g/mol. The molecule has 0 aliphatic rings. The van der Waals surface area contributed by atoms with E-state index in [2.05, 4.69) is 4.74 Å². The van der Waals surface area contributed by atoms with Gasteiger partial charge in [-0.3, -0.25) is 4.55 Å². The Balaban J connectivity index is 2.58. The molecule has 0 saturated heterocycles. The summed E-state index contributed by atoms with van der Waals surface area (Å²) < 4.78 is 103. The van der Waals surface area contributed by atoms with Gasteiger partial charge in [-0.1, -0.05) is 0 Å². The first-order valence-electron chi connectivity index (χ1n) is 5.95. The first-order valence-corrected chi connectivity index (χ1v) is 8.47. The standard InChI is InChI=1S/C13H4F5IO5S/c14-6-2-1-4(19)3-5(6)13(20)24-11-7(15)9(17)12(25(21,22)23)10(18)8(11)16/h1-3H,(H,21,22,23). The fraction of sp³-hybridized carbons (Fsp3) is 0. The van der Waals surface area contributed by atoms with Crippen molar-refractivity contribution in [2.45, 2.75) is 4.90 Å². The molecule has 25 heavy (non-hydrogen) atoms. The van der Waals surface area contributed by atoms with Crippen molar-refractivity contribution in [3.8, 4) is 5.75 Å². The topological polar surface area (TPSA) is 80.7 Å². The molecule has 0 spiro atoms. The van der Waals surface area contributed by atoms with Gasteiger partial charge >= 0.3 is 16.1 Å². The molecule has 0 saturated carbocycles. The van der Waals surface area contributed by atoms with E-state index < -0.39 is 61.4 Å². The van der Waals surface area contributed by atoms with Gasteiger partial charge in [0.05, 0.1) is 5.56 Å². The van der Waals surface area contributed by atoms with E-state index in [-0.39, 0.29) is 0 Å². The Morgan fingerprint density at radius 3 is 2.00 bits per heavy atom. The van der Waals surface area contributed by atoms with Crippen molar-refractivity contribution >= 4 is 38.7 Å². The van der Waals surface area contributed by atoms with E-state index in [1.807, 2.05) is 0 Å². The number of carbonyl (C=O) groups is 1. The molecule has 0 unspecified atom stereocenters. The number of esters is 1. The molecule has 0 heterocycles. The zero-order valence-electron chi connectivity index (χ0n) is 11.5. The molecule has 1 N–H and O–H groups in total. The minimum Gasteiger partial charge on any atom is -0.416 e. The van der Waals surface area contributed by atoms with Gasteiger partial charge in [-0.25, -0.2) is 18.0 Å². The van der Waals surface area contributed by atoms with Crippen LogP contribution in [0, 0.1) is 32.7 Å². The fourth-order valence-electron chi connectivity index (χ4n) is 1.71. The van der Waals surface area contributed by atoms with Crippen molar-refractivity contribution in [1.82, 2.24) is 0 Å². The Kier molecular flexibility index (Phi) is 5.34. The summed E-state index contributed by atoms with van der Waals surface area (Å²) in [7, 11) is -5.65. The van der Waals surface area contributed by atoms with Crippen LogP contribution in [0.3, 0.4) is 0 Å². The maximum Gasteiger partial charge on any atom is 0.346 e. The van der Waals surface area contributed by atoms with Gasteiger partial charge in [0, 0.05) is 3.57 Å². The van der Waals surface area contributed by atoms with Gasteiger partial charge in [-0.05, 0) is 40.8 Å². The van der Waals surface area contributed by atoms with Crippen molar-refractivity contribution in [3.63, 3.8) is 0 Å². The normalized spacial score (nSPS) is 11.5. The first-order chi connectivity index (χ1) is 11.4. The zero-order chi connectivity index (χ0) is 19.1. The van der Waals surface area contributed by atoms with Crippen LogP contribution in [-0.2, 0) is 10.1 Å². The van der Waals surface area contributed by atoms with E-state index in [0.29, 0.717) is 3.57 Å². The van der Waals surface area contributed by atoms with Crippen molar-refractivity contribution in [1.29, 1.82) is 0 Å². The van der Waals surface area contributed by atoms with Crippen LogP contribution in [0.5, 0.6) is 5.75 Å². The van der Waals surface area contributed by atoms with Gasteiger partial charge < -0.3 is 4.74 Å². The molecule has 0 aromatic heterocycles. The predicted octanol–water partition coefficient (Wildman–Crippen LogP) is 3.45. The van der Waals surface area contributed by atoms with E-state index in [1.165, 1.54) is 6.07 Å². The molecule has 2 aromatic rings. The number of halogens is 6. The van der Waals surface area contributed by atoms with Crippen molar-refractivity contribution in [2.24, 2.45) is 0 Å². The molecule has 0 aliphatic heterocycles. The average Bonchev–Trinajstić information content (AvgIpc) is 2.50. The van der Waals surface area contributed by atoms with Crippen LogP contribution in [0.4, 0.5) is 22.0 Å². The third kappa shape index (κ3) is 3.74. The summed E-state index contributed by atoms with van der Waals surface area (Å²) in [6, 6.07) is 3.04. The lowest BCUT2D eigenvalue weighted by atomic mass is 10.2. The smallest absolute Gasteiger partial charge is 0.346 e. The first kappa shape index (κ1) is 19.5. The number of benzene rings is 2. The SMILES string of the molecule is O=C(Oc1c(F)c(F)c(S(=O)(=O)O)c(F)c1F)c1cc(I)ccc1F. The van der Waals surface area contributed by atoms with Gasteiger partial charge in [0.25, 0.3) is 0 Å². The summed E-state index contributed by atoms with van der Waals surface area (Å²) in [6.45, 7) is 0. The lowest BCUT2D eigenvalue weighted by Crippen LogP contribution is -2.17. The van der Waals surface area contributed by atoms with Crippen molar-refractivity contribution in [2.75, 3.05) is 0 Å². The maximum atomic E-state index is 13.8. The quantitative estimate of drug-likeness (QED) is 0.177. The molecule has 134 valence electrons. The van der Waals surface area contributed by atoms with Crippen LogP contribution in [0.15, 0.2) is 23.1 Å². The van der Waals surface area contributed by atoms with Gasteiger partial charge in [0.1, 0.15) is 5.82 Å². The summed E-state index contributed by atoms with van der Waals surface area (Å²) >= 11 is 1.69. The highest BCUT2D eigenvalue weighted by Crippen LogP contribution is 2.33. The minimum absolute atomic E-state index is 0.339. The molecule has 0 aliphatic carbocycles. The maximum absolute atomic E-state index is 13.8. The Hall–Kier alpha value is -1.80. The molecule has 5 nitrogen and oxygen atoms in total. The minimum atomic E-state index is -5.65. The third-order valence-electron chi connectivity index (χ3n) is 2.78. The number of hydrogen-bond acceptors (Lipinski definition) is 4. The number of ether oxygens (including phenoxy) is 1. The van der Waals surface area contributed by atoms with Gasteiger partial charge in [-0.15, -0.1) is 0 Å². The van der Waals surface area contributed by atoms with Gasteiger partial charge in [0.15, 0.2) is 16.5 Å². The van der Waals surface area contributed by atoms with Crippen LogP contribution in [0.2, 0.25) is 0 Å². The molecule has 2 rings (SSSR count). The summed E-state index contributed by atoms with van der Waals surface area (Å²) in [5.74, 6) is -14.6. The molecule has 0 bridgehead atoms. The highest BCUT2D eigenvalue weighted by Gasteiger charge is 2.34.